The molecule has 1 atom stereocenters. The van der Waals surface area contributed by atoms with Crippen molar-refractivity contribution in [2.75, 3.05) is 35.2 Å². The first-order chi connectivity index (χ1) is 14.7. The van der Waals surface area contributed by atoms with Gasteiger partial charge in [-0.15, -0.1) is 0 Å². The normalized spacial score (nSPS) is 16.0. The molecule has 0 bridgehead atoms. The molecule has 10 nitrogen and oxygen atoms in total. The van der Waals surface area contributed by atoms with Gasteiger partial charge in [0.2, 0.25) is 5.91 Å². The molecule has 11 heteroatoms. The number of piperazine rings is 1. The fourth-order valence-corrected chi connectivity index (χ4v) is 3.91. The van der Waals surface area contributed by atoms with Gasteiger partial charge in [0.15, 0.2) is 5.82 Å². The molecule has 1 aromatic heterocycles. The lowest BCUT2D eigenvalue weighted by Crippen LogP contribution is -2.53. The molecular weight excluding hydrogens is 468 g/mol. The lowest BCUT2D eigenvalue weighted by molar-refractivity contribution is -0.111. The molecule has 3 rings (SSSR count). The number of aromatic nitrogens is 2. The summed E-state index contributed by atoms with van der Waals surface area (Å²) >= 11 is 3.27. The van der Waals surface area contributed by atoms with Crippen LogP contribution in [0.15, 0.2) is 46.4 Å². The zero-order valence-electron chi connectivity index (χ0n) is 17.1. The maximum atomic E-state index is 12.4. The number of halogens is 1. The molecule has 1 aliphatic heterocycles. The lowest BCUT2D eigenvalue weighted by Gasteiger charge is -2.40. The van der Waals surface area contributed by atoms with E-state index < -0.39 is 6.09 Å². The van der Waals surface area contributed by atoms with Crippen LogP contribution in [0.3, 0.4) is 0 Å². The summed E-state index contributed by atoms with van der Waals surface area (Å²) in [6.07, 6.45) is 1.78. The minimum absolute atomic E-state index is 0.0953. The highest BCUT2D eigenvalue weighted by Crippen LogP contribution is 2.32. The summed E-state index contributed by atoms with van der Waals surface area (Å²) in [5, 5.41) is 15.0. The highest BCUT2D eigenvalue weighted by atomic mass is 79.9. The Morgan fingerprint density at radius 3 is 2.74 bits per heavy atom. The monoisotopic (exact) mass is 490 g/mol. The summed E-state index contributed by atoms with van der Waals surface area (Å²) in [4.78, 5) is 43.3. The molecule has 0 radical (unpaired) electrons. The van der Waals surface area contributed by atoms with Crippen molar-refractivity contribution >= 4 is 50.8 Å². The Hall–Kier alpha value is -3.34. The van der Waals surface area contributed by atoms with Gasteiger partial charge in [-0.1, -0.05) is 6.58 Å². The average molecular weight is 491 g/mol. The molecule has 1 unspecified atom stereocenters. The first kappa shape index (κ1) is 22.3. The third-order valence-electron chi connectivity index (χ3n) is 4.95. The molecule has 164 valence electrons. The zero-order chi connectivity index (χ0) is 22.7. The van der Waals surface area contributed by atoms with Crippen LogP contribution in [0.2, 0.25) is 0 Å². The van der Waals surface area contributed by atoms with E-state index in [0.717, 1.165) is 5.69 Å². The van der Waals surface area contributed by atoms with Crippen LogP contribution in [0.25, 0.3) is 0 Å². The van der Waals surface area contributed by atoms with E-state index in [9.17, 15) is 19.5 Å². The molecule has 0 spiro atoms. The van der Waals surface area contributed by atoms with Crippen molar-refractivity contribution < 1.29 is 14.7 Å². The highest BCUT2D eigenvalue weighted by molar-refractivity contribution is 9.10. The van der Waals surface area contributed by atoms with Crippen molar-refractivity contribution in [1.82, 2.24) is 14.5 Å². The molecule has 2 heterocycles. The fourth-order valence-electron chi connectivity index (χ4n) is 3.42. The smallest absolute Gasteiger partial charge is 0.407 e. The van der Waals surface area contributed by atoms with Crippen LogP contribution in [-0.4, -0.2) is 57.2 Å². The van der Waals surface area contributed by atoms with E-state index >= 15 is 0 Å². The summed E-state index contributed by atoms with van der Waals surface area (Å²) in [7, 11) is 1.62. The summed E-state index contributed by atoms with van der Waals surface area (Å²) < 4.78 is 1.90. The number of benzene rings is 1. The number of anilines is 4. The average Bonchev–Trinajstić information content (AvgIpc) is 2.72. The molecule has 0 saturated carbocycles. The quantitative estimate of drug-likeness (QED) is 0.550. The van der Waals surface area contributed by atoms with Crippen LogP contribution >= 0.6 is 15.9 Å². The number of hydrogen-bond acceptors (Lipinski definition) is 6. The number of carbonyl (C=O) groups is 2. The van der Waals surface area contributed by atoms with E-state index in [1.807, 2.05) is 17.9 Å². The van der Waals surface area contributed by atoms with Crippen molar-refractivity contribution in [3.63, 3.8) is 0 Å². The molecule has 1 saturated heterocycles. The number of aryl methyl sites for hydroxylation is 1. The predicted molar refractivity (Wildman–Crippen MR) is 122 cm³/mol. The number of carbonyl (C=O) groups excluding carboxylic acids is 1. The van der Waals surface area contributed by atoms with Gasteiger partial charge < -0.3 is 30.1 Å². The maximum absolute atomic E-state index is 12.4. The van der Waals surface area contributed by atoms with Gasteiger partial charge in [-0.3, -0.25) is 9.59 Å². The van der Waals surface area contributed by atoms with Crippen molar-refractivity contribution in [2.45, 2.75) is 13.0 Å². The first-order valence-corrected chi connectivity index (χ1v) is 10.3. The number of hydrogen-bond donors (Lipinski definition) is 3. The minimum Gasteiger partial charge on any atom is -0.465 e. The second-order valence-corrected chi connectivity index (χ2v) is 7.96. The lowest BCUT2D eigenvalue weighted by atomic mass is 10.1. The van der Waals surface area contributed by atoms with Crippen LogP contribution in [0.5, 0.6) is 0 Å². The van der Waals surface area contributed by atoms with Gasteiger partial charge in [0.25, 0.3) is 5.56 Å². The highest BCUT2D eigenvalue weighted by Gasteiger charge is 2.28. The SMILES string of the molecule is C=CC(=O)Nc1cc(Nc2nc(Br)cn(C)c2=O)ccc1N1CCN(C(=O)O)CC1C. The first-order valence-electron chi connectivity index (χ1n) is 9.51. The zero-order valence-corrected chi connectivity index (χ0v) is 18.7. The van der Waals surface area contributed by atoms with Crippen LogP contribution in [-0.2, 0) is 11.8 Å². The van der Waals surface area contributed by atoms with E-state index in [-0.39, 0.29) is 23.3 Å². The van der Waals surface area contributed by atoms with E-state index in [1.54, 1.807) is 25.4 Å². The van der Waals surface area contributed by atoms with E-state index in [1.165, 1.54) is 15.5 Å². The van der Waals surface area contributed by atoms with Gasteiger partial charge in [0, 0.05) is 44.6 Å². The van der Waals surface area contributed by atoms with Crippen LogP contribution in [0.4, 0.5) is 27.7 Å². The van der Waals surface area contributed by atoms with Gasteiger partial charge in [0.1, 0.15) is 4.60 Å². The Morgan fingerprint density at radius 2 is 2.10 bits per heavy atom. The number of nitrogens with one attached hydrogen (secondary N) is 2. The van der Waals surface area contributed by atoms with Gasteiger partial charge in [-0.2, -0.15) is 0 Å². The Labute approximate surface area is 187 Å². The summed E-state index contributed by atoms with van der Waals surface area (Å²) in [5.74, 6) is -0.249. The molecule has 1 aliphatic rings. The molecule has 1 aromatic carbocycles. The molecule has 2 aromatic rings. The molecule has 0 aliphatic carbocycles. The molecular formula is C20H23BrN6O4. The van der Waals surface area contributed by atoms with Crippen molar-refractivity contribution in [1.29, 1.82) is 0 Å². The van der Waals surface area contributed by atoms with E-state index in [2.05, 4.69) is 38.1 Å². The second kappa shape index (κ2) is 9.21. The second-order valence-electron chi connectivity index (χ2n) is 7.15. The van der Waals surface area contributed by atoms with Crippen molar-refractivity contribution in [2.24, 2.45) is 7.05 Å². The minimum atomic E-state index is -0.950. The summed E-state index contributed by atoms with van der Waals surface area (Å²) in [6, 6.07) is 5.20. The Balaban J connectivity index is 1.94. The molecule has 3 N–H and O–H groups in total. The van der Waals surface area contributed by atoms with Crippen LogP contribution in [0, 0.1) is 0 Å². The van der Waals surface area contributed by atoms with E-state index in [4.69, 9.17) is 0 Å². The van der Waals surface area contributed by atoms with E-state index in [0.29, 0.717) is 35.6 Å². The summed E-state index contributed by atoms with van der Waals surface area (Å²) in [5.41, 5.74) is 1.51. The van der Waals surface area contributed by atoms with Gasteiger partial charge in [-0.25, -0.2) is 9.78 Å². The number of rotatable bonds is 5. The summed E-state index contributed by atoms with van der Waals surface area (Å²) in [6.45, 7) is 6.60. The van der Waals surface area contributed by atoms with Crippen molar-refractivity contribution in [3.8, 4) is 0 Å². The molecule has 31 heavy (non-hydrogen) atoms. The molecule has 1 fully saturated rings. The Morgan fingerprint density at radius 1 is 1.35 bits per heavy atom. The van der Waals surface area contributed by atoms with Gasteiger partial charge >= 0.3 is 6.09 Å². The third kappa shape index (κ3) is 5.05. The van der Waals surface area contributed by atoms with Crippen molar-refractivity contribution in [3.05, 3.63) is 52.0 Å². The number of carboxylic acid groups (broad SMARTS) is 1. The fraction of sp³-hybridized carbons (Fsp3) is 0.300. The third-order valence-corrected chi connectivity index (χ3v) is 5.33. The number of nitrogens with zero attached hydrogens (tertiary/aromatic N) is 4. The topological polar surface area (TPSA) is 120 Å². The van der Waals surface area contributed by atoms with Gasteiger partial charge in [0.05, 0.1) is 11.4 Å². The maximum Gasteiger partial charge on any atom is 0.407 e. The standard InChI is InChI=1S/C20H23BrN6O4/c1-4-17(28)23-14-9-13(22-18-19(29)25(3)11-16(21)24-18)5-6-15(14)27-8-7-26(20(30)31)10-12(27)2/h4-6,9,11-12H,1,7-8,10H2,2-3H3,(H,22,24)(H,23,28)(H,30,31). The molecule has 2 amide bonds. The van der Waals surface area contributed by atoms with Gasteiger partial charge in [-0.05, 0) is 47.1 Å². The number of amides is 2. The Kier molecular flexibility index (Phi) is 6.64. The Bertz CT molecular complexity index is 1090. The van der Waals surface area contributed by atoms with Crippen LogP contribution in [0.1, 0.15) is 6.92 Å². The van der Waals surface area contributed by atoms with Crippen LogP contribution < -0.4 is 21.1 Å². The predicted octanol–water partition coefficient (Wildman–Crippen LogP) is 2.60. The largest absolute Gasteiger partial charge is 0.465 e.